The van der Waals surface area contributed by atoms with Crippen LogP contribution in [0.3, 0.4) is 0 Å². The number of Topliss-reactive ketones (excluding diaryl/α,β-unsaturated/α-hetero) is 3. The highest BCUT2D eigenvalue weighted by Crippen LogP contribution is 2.48. The lowest BCUT2D eigenvalue weighted by Gasteiger charge is -2.38. The molecule has 20 nitrogen and oxygen atoms in total. The van der Waals surface area contributed by atoms with Crippen LogP contribution in [0.25, 0.3) is 0 Å². The van der Waals surface area contributed by atoms with Crippen LogP contribution < -0.4 is 15.5 Å². The molecule has 0 radical (unpaired) electrons. The largest absolute Gasteiger partial charge is 0.468 e. The summed E-state index contributed by atoms with van der Waals surface area (Å²) in [7, 11) is 1.68. The van der Waals surface area contributed by atoms with Crippen LogP contribution in [0.4, 0.5) is 5.95 Å². The van der Waals surface area contributed by atoms with E-state index in [1.165, 1.54) is 35.1 Å². The van der Waals surface area contributed by atoms with Crippen molar-refractivity contribution < 1.29 is 47.7 Å². The first kappa shape index (κ1) is 82.2. The molecule has 8 unspecified atom stereocenters. The zero-order valence-electron chi connectivity index (χ0n) is 64.5. The first-order chi connectivity index (χ1) is 50.6. The van der Waals surface area contributed by atoms with E-state index >= 15 is 0 Å². The molecule has 8 atom stereocenters. The van der Waals surface area contributed by atoms with E-state index in [1.54, 1.807) is 45.2 Å². The van der Waals surface area contributed by atoms with Gasteiger partial charge in [-0.1, -0.05) is 94.8 Å². The van der Waals surface area contributed by atoms with Gasteiger partial charge in [0.25, 0.3) is 11.1 Å². The van der Waals surface area contributed by atoms with E-state index in [4.69, 9.17) is 31.2 Å². The van der Waals surface area contributed by atoms with Crippen molar-refractivity contribution in [3.05, 3.63) is 112 Å². The number of methoxy groups -OCH3 is 1. The van der Waals surface area contributed by atoms with E-state index in [9.17, 15) is 28.8 Å². The number of fused-ring (bicyclic) bond motifs is 1. The van der Waals surface area contributed by atoms with Gasteiger partial charge in [-0.3, -0.25) is 38.7 Å². The summed E-state index contributed by atoms with van der Waals surface area (Å²) in [5.41, 5.74) is 6.58. The Hall–Kier alpha value is -6.91. The number of hydrogen-bond donors (Lipinski definition) is 2. The summed E-state index contributed by atoms with van der Waals surface area (Å²) in [5, 5.41) is 6.86. The van der Waals surface area contributed by atoms with Gasteiger partial charge in [0.15, 0.2) is 6.29 Å². The zero-order valence-corrected chi connectivity index (χ0v) is 65.4. The van der Waals surface area contributed by atoms with Gasteiger partial charge in [-0.15, -0.1) is 0 Å². The summed E-state index contributed by atoms with van der Waals surface area (Å²) in [6.07, 6.45) is 38.6. The van der Waals surface area contributed by atoms with Gasteiger partial charge in [0.05, 0.1) is 50.3 Å². The summed E-state index contributed by atoms with van der Waals surface area (Å²) < 4.78 is 24.3. The second kappa shape index (κ2) is 40.9. The van der Waals surface area contributed by atoms with Crippen molar-refractivity contribution >= 4 is 71.3 Å². The van der Waals surface area contributed by atoms with Crippen molar-refractivity contribution in [3.8, 4) is 0 Å². The van der Waals surface area contributed by atoms with E-state index in [0.717, 1.165) is 127 Å². The van der Waals surface area contributed by atoms with Gasteiger partial charge in [-0.05, 0) is 193 Å². The van der Waals surface area contributed by atoms with E-state index in [1.807, 2.05) is 41.0 Å². The topological polar surface area (TPSA) is 227 Å². The fraction of sp³-hybridized carbons (Fsp3) is 0.655. The van der Waals surface area contributed by atoms with Gasteiger partial charge in [0, 0.05) is 141 Å². The molecule has 2 aromatic rings. The Labute approximate surface area is 631 Å². The highest BCUT2D eigenvalue weighted by molar-refractivity contribution is 7.80. The molecule has 2 saturated heterocycles. The van der Waals surface area contributed by atoms with Gasteiger partial charge in [0.1, 0.15) is 23.3 Å². The van der Waals surface area contributed by atoms with Crippen molar-refractivity contribution in [1.29, 1.82) is 0 Å². The summed E-state index contributed by atoms with van der Waals surface area (Å²) in [4.78, 5) is 105. The Balaban J connectivity index is 0.617. The maximum Gasteiger partial charge on any atom is 0.257 e. The smallest absolute Gasteiger partial charge is 0.257 e. The van der Waals surface area contributed by atoms with Gasteiger partial charge < -0.3 is 44.3 Å². The molecule has 2 amide bonds. The Kier molecular flexibility index (Phi) is 32.0. The van der Waals surface area contributed by atoms with Crippen LogP contribution in [0.2, 0.25) is 0 Å². The molecule has 4 aliphatic heterocycles. The Bertz CT molecular complexity index is 3450. The number of aldehydes is 1. The number of allylic oxidation sites excluding steroid dienone is 7. The molecule has 574 valence electrons. The number of piperazine rings is 1. The summed E-state index contributed by atoms with van der Waals surface area (Å²) in [5.74, 6) is 2.42. The molecule has 0 spiro atoms. The minimum absolute atomic E-state index is 0.0239. The van der Waals surface area contributed by atoms with Crippen molar-refractivity contribution in [2.24, 2.45) is 56.8 Å². The number of aromatic nitrogens is 2. The second-order valence-corrected chi connectivity index (χ2v) is 32.1. The minimum atomic E-state index is -1.06. The SMILES string of the molecule is CCc1ccc2c(c1)CCN(C(=O)c1cnc(N3CCN(CCOCCC(=O)N4CC\N=C/C(CNC(=S)OC5CCC(C)(CCC(CC(=O)C(C)/C=C(\C)C(CC(=O)C(C)CC(C)/C=C/C=C/C=C(\C)C(CC6CCCC(C)(C(=O)C=O)O6)OC)C6CC6)C6CC6)CC5)=C\N=C\NCC4)CC3)nc1)C2. The normalized spacial score (nSPS) is 25.2. The zero-order chi connectivity index (χ0) is 74.9. The number of aliphatic imine (C=N–C) groups is 2. The molecule has 5 heterocycles. The van der Waals surface area contributed by atoms with Crippen LogP contribution in [0.5, 0.6) is 0 Å². The number of carbonyl (C=O) groups is 6. The maximum absolute atomic E-state index is 14.1. The van der Waals surface area contributed by atoms with E-state index < -0.39 is 11.4 Å². The van der Waals surface area contributed by atoms with E-state index in [2.05, 4.69) is 112 Å². The number of hydrogen-bond acceptors (Lipinski definition) is 18. The predicted octanol–water partition coefficient (Wildman–Crippen LogP) is 12.6. The molecule has 105 heavy (non-hydrogen) atoms. The lowest BCUT2D eigenvalue weighted by Crippen LogP contribution is -2.48. The molecule has 1 aromatic heterocycles. The Morgan fingerprint density at radius 2 is 1.61 bits per heavy atom. The number of aryl methyl sites for hydroxylation is 1. The average molecular weight is 1460 g/mol. The Morgan fingerprint density at radius 3 is 2.33 bits per heavy atom. The van der Waals surface area contributed by atoms with Crippen molar-refractivity contribution in [1.82, 2.24) is 35.3 Å². The van der Waals surface area contributed by atoms with Crippen LogP contribution in [0.15, 0.2) is 100.0 Å². The van der Waals surface area contributed by atoms with Gasteiger partial charge in [-0.2, -0.15) is 0 Å². The quantitative estimate of drug-likeness (QED) is 0.0161. The molecule has 21 heteroatoms. The first-order valence-electron chi connectivity index (χ1n) is 39.5. The van der Waals surface area contributed by atoms with Gasteiger partial charge in [-0.25, -0.2) is 15.0 Å². The second-order valence-electron chi connectivity index (χ2n) is 31.7. The van der Waals surface area contributed by atoms with E-state index in [-0.39, 0.29) is 65.6 Å². The van der Waals surface area contributed by atoms with Crippen LogP contribution in [-0.2, 0) is 62.3 Å². The molecule has 0 bridgehead atoms. The number of nitrogens with one attached hydrogen (secondary N) is 2. The average Bonchev–Trinajstić information content (AvgIpc) is 1.75. The lowest BCUT2D eigenvalue weighted by atomic mass is 9.70. The summed E-state index contributed by atoms with van der Waals surface area (Å²) >= 11 is 5.73. The van der Waals surface area contributed by atoms with Crippen LogP contribution in [0.1, 0.15) is 198 Å². The number of rotatable bonds is 36. The number of ketones is 3. The van der Waals surface area contributed by atoms with Crippen LogP contribution >= 0.6 is 12.2 Å². The summed E-state index contributed by atoms with van der Waals surface area (Å²) in [6, 6.07) is 6.59. The van der Waals surface area contributed by atoms with E-state index in [0.29, 0.717) is 137 Å². The molecular weight excluding hydrogens is 1340 g/mol. The van der Waals surface area contributed by atoms with Crippen molar-refractivity contribution in [2.45, 2.75) is 214 Å². The third-order valence-electron chi connectivity index (χ3n) is 23.3. The number of thiocarbonyl (C=S) groups is 1. The maximum atomic E-state index is 14.1. The van der Waals surface area contributed by atoms with Crippen LogP contribution in [-0.4, -0.2) is 194 Å². The fourth-order valence-corrected chi connectivity index (χ4v) is 16.1. The number of amides is 2. The molecule has 1 aromatic carbocycles. The van der Waals surface area contributed by atoms with Crippen molar-refractivity contribution in [3.63, 3.8) is 0 Å². The highest BCUT2D eigenvalue weighted by Gasteiger charge is 2.41. The molecular formula is C84H122N10O10S. The molecule has 3 aliphatic carbocycles. The molecule has 3 saturated carbocycles. The molecule has 2 N–H and O–H groups in total. The molecule has 9 rings (SSSR count). The number of nitrogens with zero attached hydrogens (tertiary/aromatic N) is 8. The van der Waals surface area contributed by atoms with Crippen molar-refractivity contribution in [2.75, 3.05) is 97.2 Å². The lowest BCUT2D eigenvalue weighted by molar-refractivity contribution is -0.164. The fourth-order valence-electron chi connectivity index (χ4n) is 15.9. The number of benzene rings is 1. The minimum Gasteiger partial charge on any atom is -0.468 e. The number of carbonyl (C=O) groups excluding carboxylic acids is 6. The highest BCUT2D eigenvalue weighted by atomic mass is 32.1. The van der Waals surface area contributed by atoms with Gasteiger partial charge in [0.2, 0.25) is 17.6 Å². The van der Waals surface area contributed by atoms with Crippen LogP contribution in [0, 0.1) is 46.8 Å². The third kappa shape index (κ3) is 25.9. The molecule has 7 aliphatic rings. The standard InChI is InChI=1S/C84H122N10O10S/c1-10-64-18-19-70-56-94(35-27-69(70)47-64)80(100)71-54-88-81(89-55-71)93-40-38-91(39-41-93)42-44-102-43-28-79(99)92-36-33-85-51-65(52-87-58-86-34-37-92)53-90-82(105)103-72-25-31-83(7,32-26-72)30-24-68(66-20-21-66)48-75(96)63(6)46-61(4)74(67-22-23-67)50-76(97)62(5)45-59(2)15-12-11-13-16-60(3)77(101-9)49-73-17-14-29-84(8,104-73)78(98)57-95/h11-13,15-16,18-19,46-47,51-52,54-55,57-59,62-63,66-68,72-74,77H,10,14,17,20-45,48-50,53,56H2,1-9H3,(H,86,87)(H,90,105)/b13-11+,15-12+,60-16+,61-46+,65-52+,85-51-. The number of anilines is 1. The number of ether oxygens (including phenoxy) is 4. The Morgan fingerprint density at radius 1 is 0.848 bits per heavy atom. The predicted molar refractivity (Wildman–Crippen MR) is 419 cm³/mol. The first-order valence-corrected chi connectivity index (χ1v) is 39.9. The molecule has 5 fully saturated rings. The van der Waals surface area contributed by atoms with Gasteiger partial charge >= 0.3 is 0 Å². The third-order valence-corrected chi connectivity index (χ3v) is 23.6. The summed E-state index contributed by atoms with van der Waals surface area (Å²) in [6.45, 7) is 25.3. The monoisotopic (exact) mass is 1460 g/mol.